The number of nitrogens with zero attached hydrogens (tertiary/aromatic N) is 6. The van der Waals surface area contributed by atoms with Gasteiger partial charge in [-0.15, -0.1) is 5.11 Å². The standard InChI is InChI=1S/C19H23N7O2/c1-11-12(2)20-19(21-17(11)28-6)26-18(27)16(13(3)24-26)23-22-14-7-9-15(10-8-14)25(4)5/h7-10,24H,1-6H3. The average molecular weight is 381 g/mol. The third-order valence-corrected chi connectivity index (χ3v) is 4.40. The summed E-state index contributed by atoms with van der Waals surface area (Å²) in [5.41, 5.74) is 3.66. The smallest absolute Gasteiger partial charge is 0.301 e. The van der Waals surface area contributed by atoms with Gasteiger partial charge < -0.3 is 9.64 Å². The van der Waals surface area contributed by atoms with Crippen molar-refractivity contribution < 1.29 is 4.74 Å². The Morgan fingerprint density at radius 2 is 1.75 bits per heavy atom. The number of benzene rings is 1. The van der Waals surface area contributed by atoms with Crippen molar-refractivity contribution in [3.8, 4) is 11.8 Å². The van der Waals surface area contributed by atoms with Gasteiger partial charge in [0.05, 0.1) is 18.5 Å². The number of H-pyrrole nitrogens is 1. The van der Waals surface area contributed by atoms with Crippen molar-refractivity contribution in [1.82, 2.24) is 19.7 Å². The summed E-state index contributed by atoms with van der Waals surface area (Å²) in [4.78, 5) is 23.5. The first kappa shape index (κ1) is 19.3. The molecular formula is C19H23N7O2. The van der Waals surface area contributed by atoms with E-state index in [1.807, 2.05) is 57.1 Å². The molecule has 3 aromatic rings. The minimum Gasteiger partial charge on any atom is -0.481 e. The van der Waals surface area contributed by atoms with Crippen molar-refractivity contribution in [2.45, 2.75) is 20.8 Å². The van der Waals surface area contributed by atoms with E-state index in [1.54, 1.807) is 6.92 Å². The van der Waals surface area contributed by atoms with Crippen LogP contribution >= 0.6 is 0 Å². The number of aromatic nitrogens is 4. The minimum atomic E-state index is -0.378. The van der Waals surface area contributed by atoms with Crippen LogP contribution in [-0.2, 0) is 0 Å². The molecule has 9 heteroatoms. The van der Waals surface area contributed by atoms with Gasteiger partial charge in [0.25, 0.3) is 5.95 Å². The van der Waals surface area contributed by atoms with Crippen molar-refractivity contribution in [3.05, 3.63) is 51.6 Å². The van der Waals surface area contributed by atoms with Gasteiger partial charge in [-0.1, -0.05) is 0 Å². The van der Waals surface area contributed by atoms with Crippen LogP contribution in [0.2, 0.25) is 0 Å². The van der Waals surface area contributed by atoms with Gasteiger partial charge in [0.2, 0.25) is 5.88 Å². The van der Waals surface area contributed by atoms with Gasteiger partial charge in [-0.2, -0.15) is 14.8 Å². The molecule has 9 nitrogen and oxygen atoms in total. The second-order valence-corrected chi connectivity index (χ2v) is 6.58. The van der Waals surface area contributed by atoms with Gasteiger partial charge in [-0.25, -0.2) is 4.98 Å². The first-order valence-electron chi connectivity index (χ1n) is 8.72. The molecule has 28 heavy (non-hydrogen) atoms. The molecule has 0 fully saturated rings. The Morgan fingerprint density at radius 3 is 2.36 bits per heavy atom. The predicted octanol–water partition coefficient (Wildman–Crippen LogP) is 3.37. The molecule has 1 N–H and O–H groups in total. The van der Waals surface area contributed by atoms with E-state index in [9.17, 15) is 4.79 Å². The van der Waals surface area contributed by atoms with Crippen LogP contribution in [0, 0.1) is 20.8 Å². The maximum Gasteiger partial charge on any atom is 0.301 e. The van der Waals surface area contributed by atoms with Crippen molar-refractivity contribution in [3.63, 3.8) is 0 Å². The fourth-order valence-electron chi connectivity index (χ4n) is 2.61. The van der Waals surface area contributed by atoms with E-state index in [2.05, 4.69) is 25.3 Å². The molecule has 2 aromatic heterocycles. The Labute approximate surface area is 162 Å². The van der Waals surface area contributed by atoms with E-state index in [4.69, 9.17) is 4.74 Å². The molecule has 0 radical (unpaired) electrons. The summed E-state index contributed by atoms with van der Waals surface area (Å²) in [5, 5.41) is 11.3. The topological polar surface area (TPSA) is 101 Å². The number of aryl methyl sites for hydroxylation is 2. The summed E-state index contributed by atoms with van der Waals surface area (Å²) in [5.74, 6) is 0.621. The summed E-state index contributed by atoms with van der Waals surface area (Å²) in [6.45, 7) is 5.45. The zero-order chi connectivity index (χ0) is 20.4. The van der Waals surface area contributed by atoms with Crippen LogP contribution in [0.4, 0.5) is 17.1 Å². The van der Waals surface area contributed by atoms with Gasteiger partial charge >= 0.3 is 5.56 Å². The number of aromatic amines is 1. The largest absolute Gasteiger partial charge is 0.481 e. The molecule has 0 saturated heterocycles. The van der Waals surface area contributed by atoms with E-state index in [1.165, 1.54) is 11.8 Å². The van der Waals surface area contributed by atoms with Crippen molar-refractivity contribution in [1.29, 1.82) is 0 Å². The molecule has 0 atom stereocenters. The lowest BCUT2D eigenvalue weighted by atomic mass is 10.3. The molecule has 146 valence electrons. The third kappa shape index (κ3) is 3.64. The highest BCUT2D eigenvalue weighted by atomic mass is 16.5. The van der Waals surface area contributed by atoms with E-state index in [0.717, 1.165) is 16.9 Å². The molecule has 0 aliphatic carbocycles. The first-order valence-corrected chi connectivity index (χ1v) is 8.72. The molecule has 0 aliphatic heterocycles. The maximum atomic E-state index is 12.8. The molecule has 0 amide bonds. The maximum absolute atomic E-state index is 12.8. The number of nitrogens with one attached hydrogen (secondary N) is 1. The molecule has 0 bridgehead atoms. The third-order valence-electron chi connectivity index (χ3n) is 4.40. The van der Waals surface area contributed by atoms with Gasteiger partial charge in [-0.3, -0.25) is 9.89 Å². The van der Waals surface area contributed by atoms with Crippen LogP contribution in [0.15, 0.2) is 39.3 Å². The first-order chi connectivity index (χ1) is 13.3. The second kappa shape index (κ2) is 7.63. The highest BCUT2D eigenvalue weighted by molar-refractivity contribution is 5.52. The summed E-state index contributed by atoms with van der Waals surface area (Å²) < 4.78 is 6.51. The highest BCUT2D eigenvalue weighted by Gasteiger charge is 2.16. The van der Waals surface area contributed by atoms with Crippen LogP contribution in [0.3, 0.4) is 0 Å². The molecule has 0 aliphatic rings. The fraction of sp³-hybridized carbons (Fsp3) is 0.316. The number of azo groups is 1. The van der Waals surface area contributed by atoms with Crippen LogP contribution in [0.25, 0.3) is 5.95 Å². The molecule has 0 unspecified atom stereocenters. The number of hydrogen-bond donors (Lipinski definition) is 1. The highest BCUT2D eigenvalue weighted by Crippen LogP contribution is 2.22. The van der Waals surface area contributed by atoms with Gasteiger partial charge in [-0.05, 0) is 45.0 Å². The number of anilines is 1. The Bertz CT molecular complexity index is 1080. The Morgan fingerprint density at radius 1 is 1.07 bits per heavy atom. The predicted molar refractivity (Wildman–Crippen MR) is 108 cm³/mol. The van der Waals surface area contributed by atoms with Gasteiger partial charge in [0, 0.05) is 31.0 Å². The molecule has 0 spiro atoms. The van der Waals surface area contributed by atoms with E-state index >= 15 is 0 Å². The zero-order valence-electron chi connectivity index (χ0n) is 16.8. The molecular weight excluding hydrogens is 358 g/mol. The Balaban J connectivity index is 1.96. The molecule has 2 heterocycles. The number of ether oxygens (including phenoxy) is 1. The van der Waals surface area contributed by atoms with Crippen molar-refractivity contribution in [2.75, 3.05) is 26.1 Å². The lowest BCUT2D eigenvalue weighted by Gasteiger charge is -2.11. The van der Waals surface area contributed by atoms with Gasteiger partial charge in [0.1, 0.15) is 0 Å². The quantitative estimate of drug-likeness (QED) is 0.683. The molecule has 3 rings (SSSR count). The monoisotopic (exact) mass is 381 g/mol. The zero-order valence-corrected chi connectivity index (χ0v) is 16.8. The number of rotatable bonds is 5. The van der Waals surface area contributed by atoms with Crippen molar-refractivity contribution in [2.24, 2.45) is 10.2 Å². The van der Waals surface area contributed by atoms with E-state index in [-0.39, 0.29) is 17.2 Å². The Kier molecular flexibility index (Phi) is 5.25. The lowest BCUT2D eigenvalue weighted by molar-refractivity contribution is 0.391. The van der Waals surface area contributed by atoms with Crippen LogP contribution in [0.1, 0.15) is 17.0 Å². The van der Waals surface area contributed by atoms with Crippen molar-refractivity contribution >= 4 is 17.1 Å². The van der Waals surface area contributed by atoms with Crippen LogP contribution < -0.4 is 15.2 Å². The summed E-state index contributed by atoms with van der Waals surface area (Å²) >= 11 is 0. The molecule has 0 saturated carbocycles. The summed E-state index contributed by atoms with van der Waals surface area (Å²) in [7, 11) is 5.46. The van der Waals surface area contributed by atoms with Crippen LogP contribution in [0.5, 0.6) is 5.88 Å². The number of hydrogen-bond acceptors (Lipinski definition) is 7. The lowest BCUT2D eigenvalue weighted by Crippen LogP contribution is -2.18. The summed E-state index contributed by atoms with van der Waals surface area (Å²) in [6.07, 6.45) is 0. The Hall–Kier alpha value is -3.49. The number of methoxy groups -OCH3 is 1. The average Bonchev–Trinajstić information content (AvgIpc) is 2.96. The SMILES string of the molecule is COc1nc(-n2[nH]c(C)c(N=Nc3ccc(N(C)C)cc3)c2=O)nc(C)c1C. The van der Waals surface area contributed by atoms with E-state index < -0.39 is 0 Å². The minimum absolute atomic E-state index is 0.199. The molecule has 1 aromatic carbocycles. The fourth-order valence-corrected chi connectivity index (χ4v) is 2.61. The van der Waals surface area contributed by atoms with Gasteiger partial charge in [0.15, 0.2) is 5.69 Å². The summed E-state index contributed by atoms with van der Waals surface area (Å²) in [6, 6.07) is 7.56. The second-order valence-electron chi connectivity index (χ2n) is 6.58. The van der Waals surface area contributed by atoms with E-state index in [0.29, 0.717) is 17.3 Å². The normalized spacial score (nSPS) is 11.2. The van der Waals surface area contributed by atoms with Crippen LogP contribution in [-0.4, -0.2) is 41.0 Å².